The minimum absolute atomic E-state index is 0.286. The molecule has 5 nitrogen and oxygen atoms in total. The number of ether oxygens (including phenoxy) is 1. The predicted octanol–water partition coefficient (Wildman–Crippen LogP) is 2.02. The number of hydrogen-bond acceptors (Lipinski definition) is 4. The Labute approximate surface area is 116 Å². The average Bonchev–Trinajstić information content (AvgIpc) is 2.47. The highest BCUT2D eigenvalue weighted by Gasteiger charge is 2.15. The Morgan fingerprint density at radius 2 is 2.05 bits per heavy atom. The zero-order valence-corrected chi connectivity index (χ0v) is 11.0. The third-order valence-corrected chi connectivity index (χ3v) is 2.72. The van der Waals surface area contributed by atoms with Crippen molar-refractivity contribution in [1.82, 2.24) is 4.98 Å². The summed E-state index contributed by atoms with van der Waals surface area (Å²) in [5, 5.41) is 0. The van der Waals surface area contributed by atoms with E-state index in [1.165, 1.54) is 0 Å². The van der Waals surface area contributed by atoms with Crippen molar-refractivity contribution < 1.29 is 14.3 Å². The molecular weight excluding hydrogens is 256 g/mol. The van der Waals surface area contributed by atoms with Crippen molar-refractivity contribution in [2.45, 2.75) is 6.92 Å². The molecule has 0 saturated heterocycles. The van der Waals surface area contributed by atoms with Gasteiger partial charge in [-0.1, -0.05) is 12.1 Å². The molecule has 2 rings (SSSR count). The highest BCUT2D eigenvalue weighted by molar-refractivity contribution is 5.98. The molecule has 0 aliphatic rings. The standard InChI is InChI=1S/C15H14N2O3/c1-2-20-15(19)12-7-4-8-17-13(12)10-5-3-6-11(9-10)14(16)18/h3-9H,2H2,1H3,(H2,16,18). The number of primary amides is 1. The second-order valence-corrected chi connectivity index (χ2v) is 4.07. The van der Waals surface area contributed by atoms with Crippen LogP contribution in [0, 0.1) is 0 Å². The van der Waals surface area contributed by atoms with Crippen LogP contribution in [0.1, 0.15) is 27.6 Å². The molecule has 0 saturated carbocycles. The summed E-state index contributed by atoms with van der Waals surface area (Å²) in [6.45, 7) is 2.02. The Morgan fingerprint density at radius 3 is 2.75 bits per heavy atom. The third-order valence-electron chi connectivity index (χ3n) is 2.72. The number of hydrogen-bond donors (Lipinski definition) is 1. The van der Waals surface area contributed by atoms with Gasteiger partial charge in [-0.15, -0.1) is 0 Å². The summed E-state index contributed by atoms with van der Waals surface area (Å²) in [5.41, 5.74) is 7.09. The van der Waals surface area contributed by atoms with Crippen LogP contribution in [0.4, 0.5) is 0 Å². The third kappa shape index (κ3) is 2.83. The number of benzene rings is 1. The Balaban J connectivity index is 2.50. The van der Waals surface area contributed by atoms with Crippen LogP contribution < -0.4 is 5.73 Å². The first-order valence-corrected chi connectivity index (χ1v) is 6.16. The van der Waals surface area contributed by atoms with Crippen LogP contribution in [-0.2, 0) is 4.74 Å². The molecule has 0 unspecified atom stereocenters. The Morgan fingerprint density at radius 1 is 1.25 bits per heavy atom. The number of pyridine rings is 1. The summed E-state index contributed by atoms with van der Waals surface area (Å²) in [6.07, 6.45) is 1.58. The maximum atomic E-state index is 11.9. The molecular formula is C15H14N2O3. The summed E-state index contributed by atoms with van der Waals surface area (Å²) in [5.74, 6) is -0.972. The Kier molecular flexibility index (Phi) is 4.10. The van der Waals surface area contributed by atoms with E-state index in [1.807, 2.05) is 0 Å². The van der Waals surface area contributed by atoms with Crippen molar-refractivity contribution in [3.05, 3.63) is 53.7 Å². The molecule has 0 spiro atoms. The molecule has 0 aliphatic heterocycles. The number of carbonyl (C=O) groups is 2. The number of esters is 1. The molecule has 0 radical (unpaired) electrons. The lowest BCUT2D eigenvalue weighted by Crippen LogP contribution is -2.11. The fourth-order valence-electron chi connectivity index (χ4n) is 1.83. The first-order valence-electron chi connectivity index (χ1n) is 6.16. The van der Waals surface area contributed by atoms with E-state index in [2.05, 4.69) is 4.98 Å². The van der Waals surface area contributed by atoms with E-state index in [-0.39, 0.29) is 6.61 Å². The molecule has 20 heavy (non-hydrogen) atoms. The largest absolute Gasteiger partial charge is 0.462 e. The van der Waals surface area contributed by atoms with Gasteiger partial charge in [0.25, 0.3) is 0 Å². The quantitative estimate of drug-likeness (QED) is 0.862. The number of rotatable bonds is 4. The van der Waals surface area contributed by atoms with Crippen LogP contribution in [0.3, 0.4) is 0 Å². The topological polar surface area (TPSA) is 82.3 Å². The van der Waals surface area contributed by atoms with Crippen LogP contribution in [-0.4, -0.2) is 23.5 Å². The molecule has 2 aromatic rings. The maximum absolute atomic E-state index is 11.9. The van der Waals surface area contributed by atoms with Crippen molar-refractivity contribution >= 4 is 11.9 Å². The Bertz CT molecular complexity index is 653. The van der Waals surface area contributed by atoms with Gasteiger partial charge in [0, 0.05) is 17.3 Å². The van der Waals surface area contributed by atoms with Gasteiger partial charge in [0.15, 0.2) is 0 Å². The summed E-state index contributed by atoms with van der Waals surface area (Å²) < 4.78 is 5.00. The molecule has 0 atom stereocenters. The lowest BCUT2D eigenvalue weighted by Gasteiger charge is -2.08. The minimum Gasteiger partial charge on any atom is -0.462 e. The van der Waals surface area contributed by atoms with E-state index in [4.69, 9.17) is 10.5 Å². The molecule has 0 aliphatic carbocycles. The van der Waals surface area contributed by atoms with Gasteiger partial charge < -0.3 is 10.5 Å². The lowest BCUT2D eigenvalue weighted by atomic mass is 10.0. The van der Waals surface area contributed by atoms with Crippen molar-refractivity contribution in [2.75, 3.05) is 6.61 Å². The highest BCUT2D eigenvalue weighted by atomic mass is 16.5. The monoisotopic (exact) mass is 270 g/mol. The zero-order chi connectivity index (χ0) is 14.5. The van der Waals surface area contributed by atoms with E-state index >= 15 is 0 Å². The maximum Gasteiger partial charge on any atom is 0.340 e. The van der Waals surface area contributed by atoms with Crippen LogP contribution in [0.5, 0.6) is 0 Å². The fraction of sp³-hybridized carbons (Fsp3) is 0.133. The Hall–Kier alpha value is -2.69. The summed E-state index contributed by atoms with van der Waals surface area (Å²) in [7, 11) is 0. The molecule has 1 aromatic carbocycles. The first-order chi connectivity index (χ1) is 9.63. The molecule has 0 fully saturated rings. The molecule has 1 aromatic heterocycles. The van der Waals surface area contributed by atoms with Crippen molar-refractivity contribution in [1.29, 1.82) is 0 Å². The van der Waals surface area contributed by atoms with Crippen LogP contribution in [0.25, 0.3) is 11.3 Å². The molecule has 1 amide bonds. The summed E-state index contributed by atoms with van der Waals surface area (Å²) >= 11 is 0. The highest BCUT2D eigenvalue weighted by Crippen LogP contribution is 2.22. The number of amides is 1. The van der Waals surface area contributed by atoms with Crippen molar-refractivity contribution in [3.63, 3.8) is 0 Å². The molecule has 2 N–H and O–H groups in total. The van der Waals surface area contributed by atoms with Gasteiger partial charge in [-0.05, 0) is 31.2 Å². The molecule has 5 heteroatoms. The number of nitrogens with zero attached hydrogens (tertiary/aromatic N) is 1. The second kappa shape index (κ2) is 5.97. The number of nitrogens with two attached hydrogens (primary N) is 1. The summed E-state index contributed by atoms with van der Waals surface area (Å²) in [4.78, 5) is 27.3. The van der Waals surface area contributed by atoms with Gasteiger partial charge in [0.2, 0.25) is 5.91 Å². The predicted molar refractivity (Wildman–Crippen MR) is 74.1 cm³/mol. The fourth-order valence-corrected chi connectivity index (χ4v) is 1.83. The SMILES string of the molecule is CCOC(=O)c1cccnc1-c1cccc(C(N)=O)c1. The molecule has 1 heterocycles. The van der Waals surface area contributed by atoms with E-state index in [0.717, 1.165) is 0 Å². The van der Waals surface area contributed by atoms with Crippen LogP contribution >= 0.6 is 0 Å². The number of carbonyl (C=O) groups excluding carboxylic acids is 2. The zero-order valence-electron chi connectivity index (χ0n) is 11.0. The molecule has 102 valence electrons. The van der Waals surface area contributed by atoms with Gasteiger partial charge in [0.05, 0.1) is 17.9 Å². The minimum atomic E-state index is -0.527. The normalized spacial score (nSPS) is 10.1. The van der Waals surface area contributed by atoms with Gasteiger partial charge in [-0.2, -0.15) is 0 Å². The van der Waals surface area contributed by atoms with Crippen molar-refractivity contribution in [2.24, 2.45) is 5.73 Å². The first kappa shape index (κ1) is 13.7. The average molecular weight is 270 g/mol. The smallest absolute Gasteiger partial charge is 0.340 e. The van der Waals surface area contributed by atoms with E-state index < -0.39 is 11.9 Å². The van der Waals surface area contributed by atoms with Gasteiger partial charge in [0.1, 0.15) is 0 Å². The number of aromatic nitrogens is 1. The van der Waals surface area contributed by atoms with Gasteiger partial charge in [-0.25, -0.2) is 4.79 Å². The second-order valence-electron chi connectivity index (χ2n) is 4.07. The summed E-state index contributed by atoms with van der Waals surface area (Å²) in [6, 6.07) is 9.97. The van der Waals surface area contributed by atoms with Gasteiger partial charge >= 0.3 is 5.97 Å². The van der Waals surface area contributed by atoms with Crippen LogP contribution in [0.15, 0.2) is 42.6 Å². The van der Waals surface area contributed by atoms with Crippen LogP contribution in [0.2, 0.25) is 0 Å². The van der Waals surface area contributed by atoms with E-state index in [9.17, 15) is 9.59 Å². The van der Waals surface area contributed by atoms with E-state index in [1.54, 1.807) is 49.5 Å². The lowest BCUT2D eigenvalue weighted by molar-refractivity contribution is 0.0526. The van der Waals surface area contributed by atoms with E-state index in [0.29, 0.717) is 22.4 Å². The molecule has 0 bridgehead atoms. The van der Waals surface area contributed by atoms with Crippen molar-refractivity contribution in [3.8, 4) is 11.3 Å². The van der Waals surface area contributed by atoms with Gasteiger partial charge in [-0.3, -0.25) is 9.78 Å².